The van der Waals surface area contributed by atoms with Gasteiger partial charge >= 0.3 is 0 Å². The summed E-state index contributed by atoms with van der Waals surface area (Å²) in [6.45, 7) is 6.21. The number of pyridine rings is 1. The fourth-order valence-electron chi connectivity index (χ4n) is 0.999. The van der Waals surface area contributed by atoms with Crippen molar-refractivity contribution < 1.29 is 4.79 Å². The lowest BCUT2D eigenvalue weighted by molar-refractivity contribution is -0.115. The lowest BCUT2D eigenvalue weighted by Gasteiger charge is -2.19. The maximum Gasteiger partial charge on any atom is 0.239 e. The van der Waals surface area contributed by atoms with Crippen LogP contribution in [0.15, 0.2) is 18.3 Å². The number of carbonyl (C=O) groups is 1. The molecule has 1 rings (SSSR count). The minimum Gasteiger partial charge on any atom is -0.308 e. The number of rotatable bonds is 3. The van der Waals surface area contributed by atoms with E-state index in [1.165, 1.54) is 0 Å². The topological polar surface area (TPSA) is 54.0 Å². The summed E-state index contributed by atoms with van der Waals surface area (Å²) in [5, 5.41) is 6.15. The predicted octanol–water partition coefficient (Wildman–Crippen LogP) is 2.06. The molecule has 1 aromatic heterocycles. The molecule has 0 spiro atoms. The zero-order chi connectivity index (χ0) is 12.2. The molecule has 0 saturated carbocycles. The van der Waals surface area contributed by atoms with Crippen molar-refractivity contribution in [3.63, 3.8) is 0 Å². The lowest BCUT2D eigenvalue weighted by Crippen LogP contribution is -2.41. The molecule has 0 atom stereocenters. The molecule has 0 bridgehead atoms. The number of carbonyl (C=O) groups excluding carboxylic acids is 1. The van der Waals surface area contributed by atoms with Crippen molar-refractivity contribution in [1.82, 2.24) is 10.3 Å². The normalized spacial score (nSPS) is 11.2. The second-order valence-corrected chi connectivity index (χ2v) is 4.89. The number of nitrogens with zero attached hydrogens (tertiary/aromatic N) is 1. The Morgan fingerprint density at radius 3 is 2.75 bits per heavy atom. The van der Waals surface area contributed by atoms with E-state index in [2.05, 4.69) is 15.6 Å². The van der Waals surface area contributed by atoms with E-state index >= 15 is 0 Å². The Balaban J connectivity index is 2.50. The van der Waals surface area contributed by atoms with Crippen LogP contribution < -0.4 is 10.6 Å². The molecule has 2 N–H and O–H groups in total. The van der Waals surface area contributed by atoms with Gasteiger partial charge in [0.1, 0.15) is 0 Å². The van der Waals surface area contributed by atoms with Crippen LogP contribution in [0, 0.1) is 0 Å². The molecule has 0 aliphatic heterocycles. The van der Waals surface area contributed by atoms with E-state index in [-0.39, 0.29) is 18.0 Å². The Labute approximate surface area is 100 Å². The molecule has 16 heavy (non-hydrogen) atoms. The first-order valence-corrected chi connectivity index (χ1v) is 5.42. The molecule has 88 valence electrons. The summed E-state index contributed by atoms with van der Waals surface area (Å²) in [5.74, 6) is 0.236. The molecule has 0 aliphatic carbocycles. The monoisotopic (exact) mass is 241 g/mol. The summed E-state index contributed by atoms with van der Waals surface area (Å²) in [4.78, 5) is 15.5. The first-order valence-electron chi connectivity index (χ1n) is 5.04. The molecular weight excluding hydrogens is 226 g/mol. The Bertz CT molecular complexity index is 374. The predicted molar refractivity (Wildman–Crippen MR) is 65.6 cm³/mol. The van der Waals surface area contributed by atoms with Gasteiger partial charge in [0.15, 0.2) is 5.82 Å². The first-order chi connectivity index (χ1) is 7.38. The smallest absolute Gasteiger partial charge is 0.239 e. The fourth-order valence-corrected chi connectivity index (χ4v) is 1.17. The zero-order valence-corrected chi connectivity index (χ0v) is 10.4. The molecule has 1 aromatic rings. The van der Waals surface area contributed by atoms with Crippen LogP contribution in [-0.2, 0) is 4.79 Å². The maximum atomic E-state index is 11.5. The van der Waals surface area contributed by atoms with Gasteiger partial charge in [-0.05, 0) is 32.9 Å². The molecule has 0 aliphatic rings. The van der Waals surface area contributed by atoms with E-state index in [4.69, 9.17) is 11.6 Å². The highest BCUT2D eigenvalue weighted by molar-refractivity contribution is 6.33. The molecule has 1 amide bonds. The van der Waals surface area contributed by atoms with E-state index in [0.717, 1.165) is 0 Å². The summed E-state index contributed by atoms with van der Waals surface area (Å²) in [5.41, 5.74) is -0.0920. The number of amides is 1. The fraction of sp³-hybridized carbons (Fsp3) is 0.455. The summed E-state index contributed by atoms with van der Waals surface area (Å²) >= 11 is 5.86. The van der Waals surface area contributed by atoms with Crippen molar-refractivity contribution >= 4 is 23.3 Å². The van der Waals surface area contributed by atoms with Gasteiger partial charge in [0.2, 0.25) is 5.91 Å². The average molecular weight is 242 g/mol. The van der Waals surface area contributed by atoms with E-state index in [0.29, 0.717) is 10.8 Å². The van der Waals surface area contributed by atoms with E-state index in [1.54, 1.807) is 18.3 Å². The number of hydrogen-bond donors (Lipinski definition) is 2. The van der Waals surface area contributed by atoms with E-state index in [1.807, 2.05) is 20.8 Å². The molecular formula is C11H16ClN3O. The van der Waals surface area contributed by atoms with Crippen molar-refractivity contribution in [2.24, 2.45) is 0 Å². The van der Waals surface area contributed by atoms with Gasteiger partial charge in [-0.15, -0.1) is 0 Å². The number of halogens is 1. The Morgan fingerprint density at radius 2 is 2.19 bits per heavy atom. The number of nitrogens with one attached hydrogen (secondary N) is 2. The van der Waals surface area contributed by atoms with Crippen molar-refractivity contribution in [3.8, 4) is 0 Å². The van der Waals surface area contributed by atoms with Crippen molar-refractivity contribution in [2.45, 2.75) is 26.3 Å². The van der Waals surface area contributed by atoms with E-state index < -0.39 is 0 Å². The van der Waals surface area contributed by atoms with Crippen LogP contribution in [0.3, 0.4) is 0 Å². The van der Waals surface area contributed by atoms with Gasteiger partial charge < -0.3 is 10.6 Å². The number of anilines is 1. The van der Waals surface area contributed by atoms with Gasteiger partial charge in [-0.1, -0.05) is 11.6 Å². The third-order valence-electron chi connectivity index (χ3n) is 1.80. The first kappa shape index (κ1) is 12.9. The maximum absolute atomic E-state index is 11.5. The minimum absolute atomic E-state index is 0.0920. The van der Waals surface area contributed by atoms with Crippen LogP contribution >= 0.6 is 11.6 Å². The van der Waals surface area contributed by atoms with E-state index in [9.17, 15) is 4.79 Å². The van der Waals surface area contributed by atoms with Gasteiger partial charge in [0.05, 0.1) is 11.6 Å². The summed E-state index contributed by atoms with van der Waals surface area (Å²) in [6, 6.07) is 3.40. The van der Waals surface area contributed by atoms with Crippen LogP contribution in [0.5, 0.6) is 0 Å². The Morgan fingerprint density at radius 1 is 1.50 bits per heavy atom. The standard InChI is InChI=1S/C11H16ClN3O/c1-11(2,3)14-7-9(16)15-10-8(12)5-4-6-13-10/h4-6,14H,7H2,1-3H3,(H,13,15,16). The molecule has 5 heteroatoms. The third-order valence-corrected chi connectivity index (χ3v) is 2.10. The van der Waals surface area contributed by atoms with Crippen LogP contribution in [-0.4, -0.2) is 23.0 Å². The van der Waals surface area contributed by atoms with Crippen molar-refractivity contribution in [1.29, 1.82) is 0 Å². The number of aromatic nitrogens is 1. The molecule has 0 radical (unpaired) electrons. The molecule has 4 nitrogen and oxygen atoms in total. The highest BCUT2D eigenvalue weighted by atomic mass is 35.5. The summed E-state index contributed by atoms with van der Waals surface area (Å²) in [7, 11) is 0. The largest absolute Gasteiger partial charge is 0.308 e. The quantitative estimate of drug-likeness (QED) is 0.852. The van der Waals surface area contributed by atoms with Gasteiger partial charge in [-0.3, -0.25) is 4.79 Å². The van der Waals surface area contributed by atoms with Gasteiger partial charge in [-0.25, -0.2) is 4.98 Å². The Kier molecular flexibility index (Phi) is 4.26. The minimum atomic E-state index is -0.157. The third kappa shape index (κ3) is 4.59. The van der Waals surface area contributed by atoms with Crippen LogP contribution in [0.4, 0.5) is 5.82 Å². The molecule has 0 unspecified atom stereocenters. The van der Waals surface area contributed by atoms with Crippen LogP contribution in [0.2, 0.25) is 5.02 Å². The molecule has 1 heterocycles. The van der Waals surface area contributed by atoms with Gasteiger partial charge in [0.25, 0.3) is 0 Å². The SMILES string of the molecule is CC(C)(C)NCC(=O)Nc1ncccc1Cl. The second-order valence-electron chi connectivity index (χ2n) is 4.49. The number of hydrogen-bond acceptors (Lipinski definition) is 3. The lowest BCUT2D eigenvalue weighted by atomic mass is 10.1. The zero-order valence-electron chi connectivity index (χ0n) is 9.67. The van der Waals surface area contributed by atoms with Crippen molar-refractivity contribution in [2.75, 3.05) is 11.9 Å². The van der Waals surface area contributed by atoms with Crippen LogP contribution in [0.1, 0.15) is 20.8 Å². The summed E-state index contributed by atoms with van der Waals surface area (Å²) in [6.07, 6.45) is 1.58. The van der Waals surface area contributed by atoms with Crippen LogP contribution in [0.25, 0.3) is 0 Å². The molecule has 0 saturated heterocycles. The van der Waals surface area contributed by atoms with Gasteiger partial charge in [-0.2, -0.15) is 0 Å². The van der Waals surface area contributed by atoms with Crippen molar-refractivity contribution in [3.05, 3.63) is 23.4 Å². The highest BCUT2D eigenvalue weighted by Gasteiger charge is 2.12. The second kappa shape index (κ2) is 5.27. The summed E-state index contributed by atoms with van der Waals surface area (Å²) < 4.78 is 0. The molecule has 0 aromatic carbocycles. The van der Waals surface area contributed by atoms with Gasteiger partial charge in [0, 0.05) is 11.7 Å². The average Bonchev–Trinajstić information content (AvgIpc) is 2.18. The Hall–Kier alpha value is -1.13. The molecule has 0 fully saturated rings. The highest BCUT2D eigenvalue weighted by Crippen LogP contribution is 2.16.